The minimum Gasteiger partial charge on any atom is -0.368 e. The number of nitrogen functional groups attached to an aromatic ring is 1. The monoisotopic (exact) mass is 400 g/mol. The number of thiophene rings is 1. The molecule has 148 valence electrons. The number of nitrogens with two attached hydrogens (primary N) is 1. The molecule has 0 radical (unpaired) electrons. The number of amides is 2. The fraction of sp³-hybridized carbons (Fsp3) is 0.526. The maximum Gasteiger partial charge on any atom is 0.254 e. The molecule has 0 spiro atoms. The van der Waals surface area contributed by atoms with Crippen LogP contribution in [0.3, 0.4) is 0 Å². The number of hydrogen-bond donors (Lipinski definition) is 3. The van der Waals surface area contributed by atoms with Crippen molar-refractivity contribution in [3.05, 3.63) is 28.4 Å². The van der Waals surface area contributed by atoms with Crippen LogP contribution in [0.5, 0.6) is 0 Å². The lowest BCUT2D eigenvalue weighted by Crippen LogP contribution is -2.40. The predicted octanol–water partition coefficient (Wildman–Crippen LogP) is 1.71. The Morgan fingerprint density at radius 2 is 2.11 bits per heavy atom. The van der Waals surface area contributed by atoms with Crippen molar-refractivity contribution in [2.75, 3.05) is 29.1 Å². The maximum absolute atomic E-state index is 13.0. The van der Waals surface area contributed by atoms with Crippen LogP contribution in [-0.4, -0.2) is 34.6 Å². The average Bonchev–Trinajstić information content (AvgIpc) is 3.60. The van der Waals surface area contributed by atoms with Gasteiger partial charge in [-0.2, -0.15) is 0 Å². The molecule has 2 amide bonds. The standard InChI is InChI=1S/C19H24N6O2S/c20-19-21-6-8-25(19)24-7-5-14-13(10-24)15(17(27)22-9-11-1-2-11)18(28-14)23-16(26)12-3-4-12/h6,8,11-12H,1-5,7,9-10H2,(H2,20,21)(H,22,27)(H,23,26). The molecule has 0 atom stereocenters. The molecule has 0 bridgehead atoms. The smallest absolute Gasteiger partial charge is 0.254 e. The van der Waals surface area contributed by atoms with E-state index in [0.29, 0.717) is 35.5 Å². The van der Waals surface area contributed by atoms with Gasteiger partial charge in [0.05, 0.1) is 12.1 Å². The van der Waals surface area contributed by atoms with Gasteiger partial charge in [-0.3, -0.25) is 9.59 Å². The van der Waals surface area contributed by atoms with Gasteiger partial charge >= 0.3 is 0 Å². The lowest BCUT2D eigenvalue weighted by Gasteiger charge is -2.30. The summed E-state index contributed by atoms with van der Waals surface area (Å²) in [5.74, 6) is 1.08. The summed E-state index contributed by atoms with van der Waals surface area (Å²) in [5.41, 5.74) is 7.58. The van der Waals surface area contributed by atoms with Crippen molar-refractivity contribution in [3.63, 3.8) is 0 Å². The molecule has 2 aliphatic carbocycles. The summed E-state index contributed by atoms with van der Waals surface area (Å²) in [6.45, 7) is 2.06. The molecule has 0 aromatic carbocycles. The van der Waals surface area contributed by atoms with E-state index in [0.717, 1.165) is 36.2 Å². The fourth-order valence-corrected chi connectivity index (χ4v) is 4.84. The van der Waals surface area contributed by atoms with Crippen LogP contribution in [0.1, 0.15) is 46.5 Å². The Balaban J connectivity index is 1.44. The highest BCUT2D eigenvalue weighted by Gasteiger charge is 2.34. The summed E-state index contributed by atoms with van der Waals surface area (Å²) in [6.07, 6.45) is 8.54. The Morgan fingerprint density at radius 3 is 2.79 bits per heavy atom. The summed E-state index contributed by atoms with van der Waals surface area (Å²) in [5, 5.41) is 8.88. The summed E-state index contributed by atoms with van der Waals surface area (Å²) >= 11 is 1.54. The molecule has 0 saturated heterocycles. The lowest BCUT2D eigenvalue weighted by atomic mass is 10.0. The van der Waals surface area contributed by atoms with Crippen LogP contribution in [0.2, 0.25) is 0 Å². The first-order valence-corrected chi connectivity index (χ1v) is 10.7. The number of rotatable bonds is 6. The van der Waals surface area contributed by atoms with Crippen LogP contribution in [-0.2, 0) is 17.8 Å². The second kappa shape index (κ2) is 6.80. The molecule has 9 heteroatoms. The topological polar surface area (TPSA) is 105 Å². The number of hydrogen-bond acceptors (Lipinski definition) is 6. The van der Waals surface area contributed by atoms with Gasteiger partial charge in [0.2, 0.25) is 11.9 Å². The number of nitrogens with zero attached hydrogens (tertiary/aromatic N) is 3. The zero-order valence-electron chi connectivity index (χ0n) is 15.6. The highest BCUT2D eigenvalue weighted by molar-refractivity contribution is 7.17. The Hall–Kier alpha value is -2.55. The summed E-state index contributed by atoms with van der Waals surface area (Å²) < 4.78 is 1.83. The first-order chi connectivity index (χ1) is 13.6. The molecular weight excluding hydrogens is 376 g/mol. The van der Waals surface area contributed by atoms with Gasteiger partial charge in [-0.1, -0.05) is 0 Å². The van der Waals surface area contributed by atoms with Crippen LogP contribution in [0.25, 0.3) is 0 Å². The van der Waals surface area contributed by atoms with E-state index >= 15 is 0 Å². The van der Waals surface area contributed by atoms with Crippen LogP contribution in [0.4, 0.5) is 10.9 Å². The summed E-state index contributed by atoms with van der Waals surface area (Å²) in [4.78, 5) is 30.7. The van der Waals surface area contributed by atoms with E-state index in [2.05, 4.69) is 20.6 Å². The Morgan fingerprint density at radius 1 is 1.29 bits per heavy atom. The molecule has 5 rings (SSSR count). The summed E-state index contributed by atoms with van der Waals surface area (Å²) in [7, 11) is 0. The van der Waals surface area contributed by atoms with E-state index in [1.807, 2.05) is 10.9 Å². The molecule has 8 nitrogen and oxygen atoms in total. The highest BCUT2D eigenvalue weighted by Crippen LogP contribution is 2.39. The fourth-order valence-electron chi connectivity index (χ4n) is 3.64. The molecule has 3 heterocycles. The second-order valence-electron chi connectivity index (χ2n) is 7.89. The predicted molar refractivity (Wildman–Crippen MR) is 108 cm³/mol. The molecule has 3 aliphatic rings. The van der Waals surface area contributed by atoms with Crippen molar-refractivity contribution < 1.29 is 9.59 Å². The Bertz CT molecular complexity index is 927. The second-order valence-corrected chi connectivity index (χ2v) is 9.00. The van der Waals surface area contributed by atoms with Crippen LogP contribution in [0, 0.1) is 11.8 Å². The highest BCUT2D eigenvalue weighted by atomic mass is 32.1. The van der Waals surface area contributed by atoms with Crippen LogP contribution >= 0.6 is 11.3 Å². The van der Waals surface area contributed by atoms with Gasteiger partial charge in [0.1, 0.15) is 5.00 Å². The average molecular weight is 401 g/mol. The number of aromatic nitrogens is 2. The molecule has 4 N–H and O–H groups in total. The first kappa shape index (κ1) is 17.5. The lowest BCUT2D eigenvalue weighted by molar-refractivity contribution is -0.117. The van der Waals surface area contributed by atoms with Crippen molar-refractivity contribution in [3.8, 4) is 0 Å². The Kier molecular flexibility index (Phi) is 4.26. The number of fused-ring (bicyclic) bond motifs is 1. The quantitative estimate of drug-likeness (QED) is 0.685. The van der Waals surface area contributed by atoms with E-state index in [1.165, 1.54) is 12.8 Å². The van der Waals surface area contributed by atoms with Gasteiger partial charge in [-0.25, -0.2) is 9.66 Å². The summed E-state index contributed by atoms with van der Waals surface area (Å²) in [6, 6.07) is 0. The molecule has 2 fully saturated rings. The zero-order chi connectivity index (χ0) is 19.3. The number of anilines is 2. The Labute approximate surface area is 167 Å². The minimum absolute atomic E-state index is 0.0329. The molecule has 28 heavy (non-hydrogen) atoms. The SMILES string of the molecule is Nc1nccn1N1CCc2sc(NC(=O)C3CC3)c(C(=O)NCC3CC3)c2C1. The van der Waals surface area contributed by atoms with Crippen molar-refractivity contribution in [1.29, 1.82) is 0 Å². The molecular formula is C19H24N6O2S. The first-order valence-electron chi connectivity index (χ1n) is 9.88. The van der Waals surface area contributed by atoms with Gasteiger partial charge in [-0.05, 0) is 31.6 Å². The third-order valence-electron chi connectivity index (χ3n) is 5.64. The zero-order valence-corrected chi connectivity index (χ0v) is 16.4. The van der Waals surface area contributed by atoms with Crippen LogP contribution in [0.15, 0.2) is 12.4 Å². The third kappa shape index (κ3) is 3.34. The van der Waals surface area contributed by atoms with Crippen molar-refractivity contribution in [2.24, 2.45) is 11.8 Å². The van der Waals surface area contributed by atoms with Gasteiger partial charge < -0.3 is 21.4 Å². The van der Waals surface area contributed by atoms with Gasteiger partial charge in [-0.15, -0.1) is 11.3 Å². The maximum atomic E-state index is 13.0. The van der Waals surface area contributed by atoms with Gasteiger partial charge in [0.15, 0.2) is 0 Å². The van der Waals surface area contributed by atoms with Crippen molar-refractivity contribution in [2.45, 2.75) is 38.6 Å². The normalized spacial score (nSPS) is 18.6. The van der Waals surface area contributed by atoms with E-state index in [9.17, 15) is 9.59 Å². The number of nitrogens with one attached hydrogen (secondary N) is 2. The molecule has 0 unspecified atom stereocenters. The van der Waals surface area contributed by atoms with Crippen LogP contribution < -0.4 is 21.4 Å². The van der Waals surface area contributed by atoms with Crippen molar-refractivity contribution >= 4 is 34.1 Å². The van der Waals surface area contributed by atoms with E-state index in [-0.39, 0.29) is 17.7 Å². The van der Waals surface area contributed by atoms with Gasteiger partial charge in [0.25, 0.3) is 5.91 Å². The molecule has 2 saturated carbocycles. The largest absolute Gasteiger partial charge is 0.368 e. The number of carbonyl (C=O) groups excluding carboxylic acids is 2. The van der Waals surface area contributed by atoms with E-state index in [1.54, 1.807) is 17.5 Å². The molecule has 2 aromatic heterocycles. The molecule has 2 aromatic rings. The van der Waals surface area contributed by atoms with Crippen molar-refractivity contribution in [1.82, 2.24) is 15.0 Å². The number of carbonyl (C=O) groups is 2. The van der Waals surface area contributed by atoms with Gasteiger partial charge in [0, 0.05) is 48.3 Å². The van der Waals surface area contributed by atoms with E-state index < -0.39 is 0 Å². The molecule has 1 aliphatic heterocycles. The minimum atomic E-state index is -0.0871. The third-order valence-corrected chi connectivity index (χ3v) is 6.85. The number of imidazole rings is 1. The van der Waals surface area contributed by atoms with E-state index in [4.69, 9.17) is 5.73 Å².